The lowest BCUT2D eigenvalue weighted by molar-refractivity contribution is 0.415. The zero-order valence-corrected chi connectivity index (χ0v) is 12.9. The predicted octanol–water partition coefficient (Wildman–Crippen LogP) is 3.73. The van der Waals surface area contributed by atoms with E-state index in [1.54, 1.807) is 25.4 Å². The second-order valence-corrected chi connectivity index (χ2v) is 5.32. The van der Waals surface area contributed by atoms with Gasteiger partial charge in [0.15, 0.2) is 5.82 Å². The number of fused-ring (bicyclic) bond motifs is 3. The zero-order chi connectivity index (χ0) is 16.5. The van der Waals surface area contributed by atoms with Crippen LogP contribution in [0.5, 0.6) is 5.75 Å². The number of methoxy groups -OCH3 is 1. The van der Waals surface area contributed by atoms with Crippen LogP contribution in [0.25, 0.3) is 21.8 Å². The van der Waals surface area contributed by atoms with E-state index >= 15 is 0 Å². The lowest BCUT2D eigenvalue weighted by Gasteiger charge is -2.09. The van der Waals surface area contributed by atoms with Gasteiger partial charge < -0.3 is 10.1 Å². The summed E-state index contributed by atoms with van der Waals surface area (Å²) in [5, 5.41) is 21.3. The second kappa shape index (κ2) is 5.56. The number of benzene rings is 2. The van der Waals surface area contributed by atoms with E-state index in [1.807, 2.05) is 30.3 Å². The van der Waals surface area contributed by atoms with Crippen molar-refractivity contribution in [1.29, 1.82) is 5.26 Å². The summed E-state index contributed by atoms with van der Waals surface area (Å²) in [6.07, 6.45) is 1.78. The summed E-state index contributed by atoms with van der Waals surface area (Å²) in [5.74, 6) is 1.46. The van der Waals surface area contributed by atoms with Gasteiger partial charge in [-0.1, -0.05) is 0 Å². The van der Waals surface area contributed by atoms with Crippen LogP contribution in [0.2, 0.25) is 0 Å². The monoisotopic (exact) mass is 315 g/mol. The Balaban J connectivity index is 1.84. The van der Waals surface area contributed by atoms with E-state index in [-0.39, 0.29) is 0 Å². The maximum Gasteiger partial charge on any atom is 0.157 e. The Labute approximate surface area is 137 Å². The van der Waals surface area contributed by atoms with Crippen molar-refractivity contribution in [3.63, 3.8) is 0 Å². The van der Waals surface area contributed by atoms with Crippen LogP contribution in [0.3, 0.4) is 0 Å². The molecule has 4 rings (SSSR count). The molecule has 2 aromatic carbocycles. The number of hydrogen-bond donors (Lipinski definition) is 2. The van der Waals surface area contributed by atoms with Crippen LogP contribution in [-0.2, 0) is 0 Å². The minimum absolute atomic E-state index is 0.616. The average Bonchev–Trinajstić information content (AvgIpc) is 3.12. The van der Waals surface area contributed by atoms with Crippen molar-refractivity contribution in [2.75, 3.05) is 12.4 Å². The Morgan fingerprint density at radius 2 is 1.96 bits per heavy atom. The maximum absolute atomic E-state index is 8.89. The molecule has 6 nitrogen and oxygen atoms in total. The Kier molecular flexibility index (Phi) is 3.25. The highest BCUT2D eigenvalue weighted by molar-refractivity contribution is 6.09. The normalized spacial score (nSPS) is 10.7. The van der Waals surface area contributed by atoms with E-state index in [4.69, 9.17) is 10.00 Å². The number of nitrogens with one attached hydrogen (secondary N) is 2. The van der Waals surface area contributed by atoms with Crippen molar-refractivity contribution < 1.29 is 4.74 Å². The van der Waals surface area contributed by atoms with Crippen molar-refractivity contribution in [3.05, 3.63) is 54.2 Å². The second-order valence-electron chi connectivity index (χ2n) is 5.32. The molecule has 6 heteroatoms. The number of anilines is 2. The SMILES string of the molecule is COc1ccc2nc(Nc3ccc(C#N)cc3)c3[nH]ncc3c2c1. The van der Waals surface area contributed by atoms with Gasteiger partial charge in [-0.05, 0) is 42.5 Å². The number of ether oxygens (including phenoxy) is 1. The fraction of sp³-hybridized carbons (Fsp3) is 0.0556. The fourth-order valence-corrected chi connectivity index (χ4v) is 2.66. The quantitative estimate of drug-likeness (QED) is 0.601. The standard InChI is InChI=1S/C18H13N5O/c1-24-13-6-7-16-14(8-13)15-10-20-23-17(15)18(22-16)21-12-4-2-11(9-19)3-5-12/h2-8,10H,1H3,(H,20,23)(H,21,22). The zero-order valence-electron chi connectivity index (χ0n) is 12.9. The van der Waals surface area contributed by atoms with Crippen molar-refractivity contribution in [3.8, 4) is 11.8 Å². The molecule has 0 unspecified atom stereocenters. The molecule has 0 bridgehead atoms. The first-order valence-electron chi connectivity index (χ1n) is 7.36. The molecule has 0 atom stereocenters. The molecule has 0 radical (unpaired) electrons. The van der Waals surface area contributed by atoms with E-state index in [9.17, 15) is 0 Å². The number of pyridine rings is 1. The molecular formula is C18H13N5O. The van der Waals surface area contributed by atoms with Crippen LogP contribution in [0.1, 0.15) is 5.56 Å². The van der Waals surface area contributed by atoms with E-state index in [0.717, 1.165) is 33.2 Å². The molecule has 0 aliphatic rings. The number of rotatable bonds is 3. The summed E-state index contributed by atoms with van der Waals surface area (Å²) in [4.78, 5) is 4.69. The van der Waals surface area contributed by atoms with Gasteiger partial charge in [-0.3, -0.25) is 5.10 Å². The Morgan fingerprint density at radius 3 is 2.71 bits per heavy atom. The van der Waals surface area contributed by atoms with Gasteiger partial charge in [0.25, 0.3) is 0 Å². The predicted molar refractivity (Wildman–Crippen MR) is 92.4 cm³/mol. The van der Waals surface area contributed by atoms with Gasteiger partial charge in [0.2, 0.25) is 0 Å². The van der Waals surface area contributed by atoms with Gasteiger partial charge in [-0.25, -0.2) is 4.98 Å². The molecule has 2 N–H and O–H groups in total. The fourth-order valence-electron chi connectivity index (χ4n) is 2.66. The molecule has 4 aromatic rings. The van der Waals surface area contributed by atoms with Gasteiger partial charge in [0, 0.05) is 16.5 Å². The van der Waals surface area contributed by atoms with Crippen LogP contribution in [0.4, 0.5) is 11.5 Å². The van der Waals surface area contributed by atoms with Gasteiger partial charge in [-0.2, -0.15) is 10.4 Å². The van der Waals surface area contributed by atoms with Crippen LogP contribution in [0.15, 0.2) is 48.7 Å². The third-order valence-electron chi connectivity index (χ3n) is 3.88. The highest BCUT2D eigenvalue weighted by Crippen LogP contribution is 2.31. The highest BCUT2D eigenvalue weighted by atomic mass is 16.5. The smallest absolute Gasteiger partial charge is 0.157 e. The summed E-state index contributed by atoms with van der Waals surface area (Å²) >= 11 is 0. The van der Waals surface area contributed by atoms with E-state index in [2.05, 4.69) is 26.6 Å². The van der Waals surface area contributed by atoms with Crippen LogP contribution in [-0.4, -0.2) is 22.3 Å². The van der Waals surface area contributed by atoms with Crippen molar-refractivity contribution >= 4 is 33.3 Å². The molecule has 0 fully saturated rings. The first-order valence-corrected chi connectivity index (χ1v) is 7.36. The first-order chi connectivity index (χ1) is 11.8. The first kappa shape index (κ1) is 14.0. The van der Waals surface area contributed by atoms with E-state index in [1.165, 1.54) is 0 Å². The lowest BCUT2D eigenvalue weighted by atomic mass is 10.1. The number of hydrogen-bond acceptors (Lipinski definition) is 5. The summed E-state index contributed by atoms with van der Waals surface area (Å²) in [7, 11) is 1.64. The van der Waals surface area contributed by atoms with Crippen molar-refractivity contribution in [1.82, 2.24) is 15.2 Å². The van der Waals surface area contributed by atoms with Gasteiger partial charge in [0.05, 0.1) is 30.5 Å². The number of aromatic nitrogens is 3. The Hall–Kier alpha value is -3.59. The average molecular weight is 315 g/mol. The molecule has 0 saturated heterocycles. The molecule has 0 aliphatic carbocycles. The summed E-state index contributed by atoms with van der Waals surface area (Å²) < 4.78 is 5.30. The summed E-state index contributed by atoms with van der Waals surface area (Å²) in [6, 6.07) is 15.1. The molecule has 116 valence electrons. The number of H-pyrrole nitrogens is 1. The molecule has 2 heterocycles. The largest absolute Gasteiger partial charge is 0.497 e. The topological polar surface area (TPSA) is 86.6 Å². The molecule has 0 saturated carbocycles. The summed E-state index contributed by atoms with van der Waals surface area (Å²) in [5.41, 5.74) is 3.14. The summed E-state index contributed by atoms with van der Waals surface area (Å²) in [6.45, 7) is 0. The minimum atomic E-state index is 0.616. The molecule has 2 aromatic heterocycles. The lowest BCUT2D eigenvalue weighted by Crippen LogP contribution is -1.96. The van der Waals surface area contributed by atoms with Crippen LogP contribution < -0.4 is 10.1 Å². The molecule has 0 amide bonds. The molecular weight excluding hydrogens is 302 g/mol. The van der Waals surface area contributed by atoms with Gasteiger partial charge >= 0.3 is 0 Å². The van der Waals surface area contributed by atoms with Crippen molar-refractivity contribution in [2.45, 2.75) is 0 Å². The number of nitriles is 1. The number of aromatic amines is 1. The third kappa shape index (κ3) is 2.29. The van der Waals surface area contributed by atoms with E-state index < -0.39 is 0 Å². The highest BCUT2D eigenvalue weighted by Gasteiger charge is 2.11. The molecule has 0 aliphatic heterocycles. The van der Waals surface area contributed by atoms with Gasteiger partial charge in [0.1, 0.15) is 11.3 Å². The van der Waals surface area contributed by atoms with E-state index in [0.29, 0.717) is 11.4 Å². The number of nitrogens with zero attached hydrogens (tertiary/aromatic N) is 3. The molecule has 0 spiro atoms. The Bertz CT molecular complexity index is 1080. The van der Waals surface area contributed by atoms with Gasteiger partial charge in [-0.15, -0.1) is 0 Å². The third-order valence-corrected chi connectivity index (χ3v) is 3.88. The molecule has 24 heavy (non-hydrogen) atoms. The van der Waals surface area contributed by atoms with Crippen LogP contribution >= 0.6 is 0 Å². The maximum atomic E-state index is 8.89. The minimum Gasteiger partial charge on any atom is -0.497 e. The Morgan fingerprint density at radius 1 is 1.12 bits per heavy atom. The van der Waals surface area contributed by atoms with Crippen molar-refractivity contribution in [2.24, 2.45) is 0 Å². The van der Waals surface area contributed by atoms with Crippen LogP contribution in [0, 0.1) is 11.3 Å².